The molecule has 128 valence electrons. The number of carbonyl (C=O) groups is 1. The molecule has 0 radical (unpaired) electrons. The molecule has 3 atom stereocenters. The highest BCUT2D eigenvalue weighted by atomic mass is 19.4. The predicted octanol–water partition coefficient (Wildman–Crippen LogP) is 3.51. The molecular weight excluding hydrogens is 307 g/mol. The quantitative estimate of drug-likeness (QED) is 0.888. The molecule has 0 spiro atoms. The maximum Gasteiger partial charge on any atom is 0.392 e. The molecule has 1 aromatic rings. The van der Waals surface area contributed by atoms with Crippen LogP contribution in [0.1, 0.15) is 42.9 Å². The number of hydrogen-bond acceptors (Lipinski definition) is 2. The van der Waals surface area contributed by atoms with Crippen molar-refractivity contribution in [2.75, 3.05) is 6.54 Å². The number of alkyl halides is 3. The van der Waals surface area contributed by atoms with Crippen LogP contribution in [0.2, 0.25) is 0 Å². The summed E-state index contributed by atoms with van der Waals surface area (Å²) in [5.41, 5.74) is 1.55. The molecule has 1 amide bonds. The van der Waals surface area contributed by atoms with Crippen LogP contribution in [0.15, 0.2) is 24.3 Å². The Kier molecular flexibility index (Phi) is 5.68. The summed E-state index contributed by atoms with van der Waals surface area (Å²) in [5.74, 6) is -3.24. The van der Waals surface area contributed by atoms with Crippen molar-refractivity contribution in [2.24, 2.45) is 11.8 Å². The SMILES string of the molecule is Cc1ccccc1[C@@H](O)CNC(=O)[C@@H]1CCCC[C@@H]1C(F)(F)F. The summed E-state index contributed by atoms with van der Waals surface area (Å²) in [6, 6.07) is 7.18. The van der Waals surface area contributed by atoms with Crippen LogP contribution >= 0.6 is 0 Å². The van der Waals surface area contributed by atoms with Crippen molar-refractivity contribution < 1.29 is 23.1 Å². The molecule has 1 aliphatic rings. The molecule has 3 nitrogen and oxygen atoms in total. The summed E-state index contributed by atoms with van der Waals surface area (Å²) in [6.45, 7) is 1.76. The standard InChI is InChI=1S/C17H22F3NO2/c1-11-6-2-3-7-12(11)15(22)10-21-16(23)13-8-4-5-9-14(13)17(18,19)20/h2-3,6-7,13-15,22H,4-5,8-10H2,1H3,(H,21,23)/t13-,14+,15+/m1/s1. The number of carbonyl (C=O) groups excluding carboxylic acids is 1. The van der Waals surface area contributed by atoms with Gasteiger partial charge in [0.2, 0.25) is 5.91 Å². The molecule has 0 aromatic heterocycles. The summed E-state index contributed by atoms with van der Waals surface area (Å²) >= 11 is 0. The number of aliphatic hydroxyl groups excluding tert-OH is 1. The zero-order valence-corrected chi connectivity index (χ0v) is 13.1. The summed E-state index contributed by atoms with van der Waals surface area (Å²) < 4.78 is 39.1. The molecule has 2 N–H and O–H groups in total. The van der Waals surface area contributed by atoms with Crippen molar-refractivity contribution >= 4 is 5.91 Å². The van der Waals surface area contributed by atoms with Gasteiger partial charge in [0.15, 0.2) is 0 Å². The van der Waals surface area contributed by atoms with Gasteiger partial charge in [0.1, 0.15) is 0 Å². The zero-order chi connectivity index (χ0) is 17.0. The number of nitrogens with one attached hydrogen (secondary N) is 1. The molecule has 1 aromatic carbocycles. The summed E-state index contributed by atoms with van der Waals surface area (Å²) in [7, 11) is 0. The highest BCUT2D eigenvalue weighted by Crippen LogP contribution is 2.41. The second-order valence-electron chi connectivity index (χ2n) is 6.16. The van der Waals surface area contributed by atoms with Gasteiger partial charge >= 0.3 is 6.18 Å². The van der Waals surface area contributed by atoms with Gasteiger partial charge in [-0.2, -0.15) is 13.2 Å². The fourth-order valence-corrected chi connectivity index (χ4v) is 3.24. The van der Waals surface area contributed by atoms with Gasteiger partial charge in [0.05, 0.1) is 12.0 Å². The van der Waals surface area contributed by atoms with Crippen molar-refractivity contribution in [3.8, 4) is 0 Å². The first kappa shape index (κ1) is 17.8. The summed E-state index contributed by atoms with van der Waals surface area (Å²) in [4.78, 5) is 12.2. The zero-order valence-electron chi connectivity index (χ0n) is 13.1. The third kappa shape index (κ3) is 4.47. The second-order valence-corrected chi connectivity index (χ2v) is 6.16. The average Bonchev–Trinajstić information content (AvgIpc) is 2.52. The van der Waals surface area contributed by atoms with E-state index in [0.29, 0.717) is 18.4 Å². The van der Waals surface area contributed by atoms with Crippen LogP contribution in [0.4, 0.5) is 13.2 Å². The van der Waals surface area contributed by atoms with Gasteiger partial charge < -0.3 is 10.4 Å². The van der Waals surface area contributed by atoms with Crippen LogP contribution in [0.5, 0.6) is 0 Å². The molecule has 23 heavy (non-hydrogen) atoms. The first-order valence-corrected chi connectivity index (χ1v) is 7.88. The lowest BCUT2D eigenvalue weighted by atomic mass is 9.78. The first-order valence-electron chi connectivity index (χ1n) is 7.88. The molecule has 0 bridgehead atoms. The van der Waals surface area contributed by atoms with Crippen molar-refractivity contribution in [3.05, 3.63) is 35.4 Å². The van der Waals surface area contributed by atoms with E-state index in [2.05, 4.69) is 5.32 Å². The Morgan fingerprint density at radius 2 is 1.96 bits per heavy atom. The Bertz CT molecular complexity index is 545. The number of aryl methyl sites for hydroxylation is 1. The van der Waals surface area contributed by atoms with Crippen molar-refractivity contribution in [2.45, 2.75) is 44.9 Å². The monoisotopic (exact) mass is 329 g/mol. The summed E-state index contributed by atoms with van der Waals surface area (Å²) in [5, 5.41) is 12.6. The van der Waals surface area contributed by atoms with Gasteiger partial charge in [-0.05, 0) is 30.9 Å². The largest absolute Gasteiger partial charge is 0.392 e. The molecule has 6 heteroatoms. The minimum Gasteiger partial charge on any atom is -0.387 e. The number of rotatable bonds is 4. The summed E-state index contributed by atoms with van der Waals surface area (Å²) in [6.07, 6.45) is -3.90. The molecule has 1 aliphatic carbocycles. The topological polar surface area (TPSA) is 49.3 Å². The van der Waals surface area contributed by atoms with Crippen LogP contribution in [0.25, 0.3) is 0 Å². The van der Waals surface area contributed by atoms with Crippen molar-refractivity contribution in [1.29, 1.82) is 0 Å². The highest BCUT2D eigenvalue weighted by Gasteiger charge is 2.47. The number of hydrogen-bond donors (Lipinski definition) is 2. The fraction of sp³-hybridized carbons (Fsp3) is 0.588. The average molecular weight is 329 g/mol. The molecule has 0 unspecified atom stereocenters. The van der Waals surface area contributed by atoms with Gasteiger partial charge in [-0.3, -0.25) is 4.79 Å². The van der Waals surface area contributed by atoms with E-state index in [4.69, 9.17) is 0 Å². The van der Waals surface area contributed by atoms with E-state index in [-0.39, 0.29) is 19.4 Å². The van der Waals surface area contributed by atoms with Crippen LogP contribution in [0.3, 0.4) is 0 Å². The van der Waals surface area contributed by atoms with Gasteiger partial charge in [0.25, 0.3) is 0 Å². The number of amides is 1. The normalized spacial score (nSPS) is 23.3. The Balaban J connectivity index is 1.97. The minimum atomic E-state index is -4.35. The predicted molar refractivity (Wildman–Crippen MR) is 80.7 cm³/mol. The van der Waals surface area contributed by atoms with Crippen LogP contribution < -0.4 is 5.32 Å². The Hall–Kier alpha value is -1.56. The third-order valence-corrected chi connectivity index (χ3v) is 4.54. The number of aliphatic hydroxyl groups is 1. The van der Waals surface area contributed by atoms with Gasteiger partial charge in [-0.15, -0.1) is 0 Å². The van der Waals surface area contributed by atoms with Crippen LogP contribution in [-0.4, -0.2) is 23.7 Å². The number of benzene rings is 1. The maximum absolute atomic E-state index is 13.0. The first-order chi connectivity index (χ1) is 10.8. The lowest BCUT2D eigenvalue weighted by Crippen LogP contribution is -2.43. The molecule has 0 saturated heterocycles. The molecule has 1 fully saturated rings. The van der Waals surface area contributed by atoms with Crippen LogP contribution in [0, 0.1) is 18.8 Å². The van der Waals surface area contributed by atoms with Gasteiger partial charge in [0, 0.05) is 12.5 Å². The Labute approximate surface area is 133 Å². The lowest BCUT2D eigenvalue weighted by molar-refractivity contribution is -0.198. The minimum absolute atomic E-state index is 0.00192. The van der Waals surface area contributed by atoms with Gasteiger partial charge in [-0.25, -0.2) is 0 Å². The molecule has 0 aliphatic heterocycles. The Morgan fingerprint density at radius 1 is 1.30 bits per heavy atom. The molecule has 1 saturated carbocycles. The van der Waals surface area contributed by atoms with E-state index in [1.54, 1.807) is 12.1 Å². The number of halogens is 3. The smallest absolute Gasteiger partial charge is 0.387 e. The van der Waals surface area contributed by atoms with Gasteiger partial charge in [-0.1, -0.05) is 37.1 Å². The molecule has 2 rings (SSSR count). The van der Waals surface area contributed by atoms with E-state index in [9.17, 15) is 23.1 Å². The molecular formula is C17H22F3NO2. The lowest BCUT2D eigenvalue weighted by Gasteiger charge is -2.32. The van der Waals surface area contributed by atoms with Crippen molar-refractivity contribution in [1.82, 2.24) is 5.32 Å². The third-order valence-electron chi connectivity index (χ3n) is 4.54. The Morgan fingerprint density at radius 3 is 2.61 bits per heavy atom. The van der Waals surface area contributed by atoms with Crippen molar-refractivity contribution in [3.63, 3.8) is 0 Å². The van der Waals surface area contributed by atoms with Crippen LogP contribution in [-0.2, 0) is 4.79 Å². The second kappa shape index (κ2) is 7.34. The molecule has 0 heterocycles. The van der Waals surface area contributed by atoms with E-state index in [1.165, 1.54) is 0 Å². The van der Waals surface area contributed by atoms with E-state index in [0.717, 1.165) is 5.56 Å². The maximum atomic E-state index is 13.0. The fourth-order valence-electron chi connectivity index (χ4n) is 3.24. The van der Waals surface area contributed by atoms with E-state index >= 15 is 0 Å². The highest BCUT2D eigenvalue weighted by molar-refractivity contribution is 5.79. The van der Waals surface area contributed by atoms with E-state index in [1.807, 2.05) is 19.1 Å². The van der Waals surface area contributed by atoms with E-state index < -0.39 is 30.0 Å².